The Morgan fingerprint density at radius 1 is 1.19 bits per heavy atom. The molecule has 2 saturated heterocycles. The fourth-order valence-electron chi connectivity index (χ4n) is 3.81. The molecule has 3 rings (SSSR count). The molecule has 0 amide bonds. The highest BCUT2D eigenvalue weighted by Crippen LogP contribution is 2.45. The van der Waals surface area contributed by atoms with Crippen molar-refractivity contribution >= 4 is 11.8 Å². The number of nitrogens with two attached hydrogens (primary N) is 1. The molecule has 2 aliphatic heterocycles. The maximum absolute atomic E-state index is 6.09. The van der Waals surface area contributed by atoms with Crippen LogP contribution in [0.5, 0.6) is 0 Å². The van der Waals surface area contributed by atoms with Crippen LogP contribution in [0.25, 0.3) is 0 Å². The van der Waals surface area contributed by atoms with Crippen LogP contribution in [0.1, 0.15) is 38.5 Å². The molecule has 92 valence electrons. The summed E-state index contributed by atoms with van der Waals surface area (Å²) in [4.78, 5) is 0. The quantitative estimate of drug-likeness (QED) is 0.766. The normalized spacial score (nSPS) is 48.9. The summed E-state index contributed by atoms with van der Waals surface area (Å²) in [5, 5.41) is 0. The molecule has 3 aliphatic rings. The second-order valence-electron chi connectivity index (χ2n) is 5.92. The minimum absolute atomic E-state index is 0.264. The van der Waals surface area contributed by atoms with Crippen LogP contribution in [0.3, 0.4) is 0 Å². The number of hydrogen-bond acceptors (Lipinski definition) is 3. The highest BCUT2D eigenvalue weighted by molar-refractivity contribution is 7.99. The van der Waals surface area contributed by atoms with Crippen molar-refractivity contribution in [3.05, 3.63) is 0 Å². The topological polar surface area (TPSA) is 35.2 Å². The summed E-state index contributed by atoms with van der Waals surface area (Å²) in [6.07, 6.45) is 7.78. The minimum atomic E-state index is 0.264. The summed E-state index contributed by atoms with van der Waals surface area (Å²) >= 11 is 2.07. The molecule has 0 bridgehead atoms. The maximum atomic E-state index is 6.09. The van der Waals surface area contributed by atoms with Crippen molar-refractivity contribution in [1.29, 1.82) is 0 Å². The van der Waals surface area contributed by atoms with Gasteiger partial charge in [0.2, 0.25) is 0 Å². The van der Waals surface area contributed by atoms with Crippen molar-refractivity contribution in [3.8, 4) is 0 Å². The largest absolute Gasteiger partial charge is 0.374 e. The average Bonchev–Trinajstić information content (AvgIpc) is 2.89. The summed E-state index contributed by atoms with van der Waals surface area (Å²) in [6, 6.07) is 0.488. The predicted molar refractivity (Wildman–Crippen MR) is 68.7 cm³/mol. The van der Waals surface area contributed by atoms with Crippen molar-refractivity contribution < 1.29 is 4.74 Å². The van der Waals surface area contributed by atoms with Crippen LogP contribution >= 0.6 is 11.8 Å². The molecule has 2 N–H and O–H groups in total. The first-order chi connectivity index (χ1) is 7.77. The zero-order valence-corrected chi connectivity index (χ0v) is 10.8. The van der Waals surface area contributed by atoms with Crippen LogP contribution < -0.4 is 5.73 Å². The number of hydrogen-bond donors (Lipinski definition) is 1. The van der Waals surface area contributed by atoms with E-state index in [1.165, 1.54) is 50.0 Å². The fraction of sp³-hybridized carbons (Fsp3) is 1.00. The first kappa shape index (κ1) is 11.4. The highest BCUT2D eigenvalue weighted by Gasteiger charge is 2.43. The Balaban J connectivity index is 1.63. The predicted octanol–water partition coefficient (Wildman–Crippen LogP) is 2.42. The lowest BCUT2D eigenvalue weighted by Crippen LogP contribution is -2.41. The van der Waals surface area contributed by atoms with Gasteiger partial charge in [-0.05, 0) is 56.1 Å². The zero-order chi connectivity index (χ0) is 11.0. The molecule has 2 nitrogen and oxygen atoms in total. The molecule has 4 unspecified atom stereocenters. The monoisotopic (exact) mass is 241 g/mol. The third kappa shape index (κ3) is 2.14. The van der Waals surface area contributed by atoms with Crippen LogP contribution in [0.2, 0.25) is 0 Å². The van der Waals surface area contributed by atoms with Gasteiger partial charge in [-0.3, -0.25) is 0 Å². The fourth-order valence-corrected chi connectivity index (χ4v) is 5.19. The second kappa shape index (κ2) is 4.51. The Morgan fingerprint density at radius 2 is 2.12 bits per heavy atom. The average molecular weight is 241 g/mol. The molecule has 2 heterocycles. The third-order valence-electron chi connectivity index (χ3n) is 4.78. The molecule has 1 aliphatic carbocycles. The Labute approximate surface area is 103 Å². The van der Waals surface area contributed by atoms with Gasteiger partial charge in [-0.1, -0.05) is 0 Å². The highest BCUT2D eigenvalue weighted by atomic mass is 32.2. The summed E-state index contributed by atoms with van der Waals surface area (Å²) in [5.41, 5.74) is 6.31. The molecule has 0 aromatic carbocycles. The van der Waals surface area contributed by atoms with Crippen molar-refractivity contribution in [2.75, 3.05) is 18.1 Å². The maximum Gasteiger partial charge on any atom is 0.0783 e. The minimum Gasteiger partial charge on any atom is -0.374 e. The SMILES string of the molecule is NC1CCC(C2CCOC3(CCSC3)C2)C1. The van der Waals surface area contributed by atoms with E-state index in [1.807, 2.05) is 0 Å². The smallest absolute Gasteiger partial charge is 0.0783 e. The van der Waals surface area contributed by atoms with Gasteiger partial charge in [0.15, 0.2) is 0 Å². The van der Waals surface area contributed by atoms with Crippen molar-refractivity contribution in [2.24, 2.45) is 17.6 Å². The van der Waals surface area contributed by atoms with Crippen molar-refractivity contribution in [2.45, 2.75) is 50.2 Å². The van der Waals surface area contributed by atoms with Crippen LogP contribution in [-0.2, 0) is 4.74 Å². The lowest BCUT2D eigenvalue weighted by atomic mass is 9.77. The van der Waals surface area contributed by atoms with E-state index in [0.717, 1.165) is 18.4 Å². The van der Waals surface area contributed by atoms with Gasteiger partial charge < -0.3 is 10.5 Å². The molecule has 1 saturated carbocycles. The van der Waals surface area contributed by atoms with Gasteiger partial charge in [0, 0.05) is 18.4 Å². The Kier molecular flexibility index (Phi) is 3.20. The standard InChI is InChI=1S/C13H23NOS/c14-12-2-1-10(7-12)11-3-5-15-13(8-11)4-6-16-9-13/h10-12H,1-9,14H2. The van der Waals surface area contributed by atoms with Gasteiger partial charge in [-0.15, -0.1) is 0 Å². The van der Waals surface area contributed by atoms with Crippen LogP contribution in [-0.4, -0.2) is 29.8 Å². The van der Waals surface area contributed by atoms with E-state index in [4.69, 9.17) is 10.5 Å². The van der Waals surface area contributed by atoms with Crippen LogP contribution in [0, 0.1) is 11.8 Å². The summed E-state index contributed by atoms with van der Waals surface area (Å²) in [7, 11) is 0. The summed E-state index contributed by atoms with van der Waals surface area (Å²) in [6.45, 7) is 0.997. The molecular weight excluding hydrogens is 218 g/mol. The lowest BCUT2D eigenvalue weighted by Gasteiger charge is -2.40. The van der Waals surface area contributed by atoms with Gasteiger partial charge in [0.05, 0.1) is 5.60 Å². The molecule has 0 aromatic rings. The van der Waals surface area contributed by atoms with Crippen molar-refractivity contribution in [1.82, 2.24) is 0 Å². The molecule has 1 spiro atoms. The molecule has 16 heavy (non-hydrogen) atoms. The van der Waals surface area contributed by atoms with Gasteiger partial charge in [0.25, 0.3) is 0 Å². The van der Waals surface area contributed by atoms with Gasteiger partial charge in [-0.25, -0.2) is 0 Å². The van der Waals surface area contributed by atoms with Crippen molar-refractivity contribution in [3.63, 3.8) is 0 Å². The summed E-state index contributed by atoms with van der Waals surface area (Å²) in [5.74, 6) is 4.35. The first-order valence-corrected chi connectivity index (χ1v) is 7.90. The van der Waals surface area contributed by atoms with Crippen LogP contribution in [0.4, 0.5) is 0 Å². The van der Waals surface area contributed by atoms with E-state index >= 15 is 0 Å². The van der Waals surface area contributed by atoms with E-state index < -0.39 is 0 Å². The second-order valence-corrected chi connectivity index (χ2v) is 7.03. The molecule has 0 aromatic heterocycles. The molecule has 3 heteroatoms. The van der Waals surface area contributed by atoms with E-state index in [9.17, 15) is 0 Å². The Bertz CT molecular complexity index is 252. The zero-order valence-electron chi connectivity index (χ0n) is 9.99. The number of thioether (sulfide) groups is 1. The third-order valence-corrected chi connectivity index (χ3v) is 6.00. The Morgan fingerprint density at radius 3 is 2.81 bits per heavy atom. The lowest BCUT2D eigenvalue weighted by molar-refractivity contribution is -0.0887. The molecule has 4 atom stereocenters. The Hall–Kier alpha value is 0.270. The van der Waals surface area contributed by atoms with Gasteiger partial charge >= 0.3 is 0 Å². The van der Waals surface area contributed by atoms with E-state index in [2.05, 4.69) is 11.8 Å². The van der Waals surface area contributed by atoms with Crippen LogP contribution in [0.15, 0.2) is 0 Å². The molecule has 0 radical (unpaired) electrons. The van der Waals surface area contributed by atoms with Gasteiger partial charge in [0.1, 0.15) is 0 Å². The summed E-state index contributed by atoms with van der Waals surface area (Å²) < 4.78 is 6.09. The number of ether oxygens (including phenoxy) is 1. The number of rotatable bonds is 1. The van der Waals surface area contributed by atoms with E-state index in [0.29, 0.717) is 6.04 Å². The molecule has 3 fully saturated rings. The van der Waals surface area contributed by atoms with E-state index in [1.54, 1.807) is 0 Å². The molecular formula is C13H23NOS. The first-order valence-electron chi connectivity index (χ1n) is 6.75. The van der Waals surface area contributed by atoms with Gasteiger partial charge in [-0.2, -0.15) is 11.8 Å². The van der Waals surface area contributed by atoms with E-state index in [-0.39, 0.29) is 5.60 Å².